The fourth-order valence-corrected chi connectivity index (χ4v) is 1.93. The average Bonchev–Trinajstić information content (AvgIpc) is 2.98. The normalized spacial score (nSPS) is 10.4. The Hall–Kier alpha value is -2.89. The van der Waals surface area contributed by atoms with Gasteiger partial charge in [-0.15, -0.1) is 5.10 Å². The van der Waals surface area contributed by atoms with Gasteiger partial charge in [0.05, 0.1) is 5.69 Å². The van der Waals surface area contributed by atoms with E-state index in [4.69, 9.17) is 9.15 Å². The van der Waals surface area contributed by atoms with Gasteiger partial charge in [-0.3, -0.25) is 4.98 Å². The highest BCUT2D eigenvalue weighted by Crippen LogP contribution is 2.16. The lowest BCUT2D eigenvalue weighted by Gasteiger charge is -2.08. The van der Waals surface area contributed by atoms with Gasteiger partial charge in [0.2, 0.25) is 5.89 Å². The Labute approximate surface area is 128 Å². The first kappa shape index (κ1) is 14.1. The number of anilines is 1. The van der Waals surface area contributed by atoms with Crippen LogP contribution in [0.15, 0.2) is 53.1 Å². The molecule has 0 fully saturated rings. The van der Waals surface area contributed by atoms with Gasteiger partial charge < -0.3 is 14.5 Å². The zero-order chi connectivity index (χ0) is 15.2. The van der Waals surface area contributed by atoms with Gasteiger partial charge in [0, 0.05) is 19.7 Å². The summed E-state index contributed by atoms with van der Waals surface area (Å²) in [5.74, 6) is 1.33. The molecular weight excluding hydrogens is 280 g/mol. The molecule has 3 aromatic rings. The smallest absolute Gasteiger partial charge is 0.315 e. The Kier molecular flexibility index (Phi) is 4.29. The molecule has 2 heterocycles. The van der Waals surface area contributed by atoms with E-state index in [2.05, 4.69) is 20.5 Å². The second-order valence-electron chi connectivity index (χ2n) is 4.74. The van der Waals surface area contributed by atoms with E-state index in [-0.39, 0.29) is 0 Å². The third-order valence-electron chi connectivity index (χ3n) is 2.98. The molecule has 6 nitrogen and oxygen atoms in total. The van der Waals surface area contributed by atoms with Crippen molar-refractivity contribution in [2.45, 2.75) is 20.1 Å². The van der Waals surface area contributed by atoms with Gasteiger partial charge in [0.1, 0.15) is 12.4 Å². The van der Waals surface area contributed by atoms with E-state index in [1.54, 1.807) is 13.1 Å². The second kappa shape index (κ2) is 6.71. The van der Waals surface area contributed by atoms with Crippen LogP contribution in [0.25, 0.3) is 0 Å². The van der Waals surface area contributed by atoms with Crippen molar-refractivity contribution in [3.05, 3.63) is 65.8 Å². The van der Waals surface area contributed by atoms with Crippen LogP contribution in [0.2, 0.25) is 0 Å². The molecule has 0 radical (unpaired) electrons. The lowest BCUT2D eigenvalue weighted by molar-refractivity contribution is 0.301. The van der Waals surface area contributed by atoms with Crippen LogP contribution in [0.5, 0.6) is 5.75 Å². The molecule has 0 atom stereocenters. The monoisotopic (exact) mass is 296 g/mol. The Morgan fingerprint density at radius 2 is 2.09 bits per heavy atom. The van der Waals surface area contributed by atoms with Crippen molar-refractivity contribution < 1.29 is 9.15 Å². The highest BCUT2D eigenvalue weighted by atomic mass is 16.5. The molecule has 6 heteroatoms. The quantitative estimate of drug-likeness (QED) is 0.754. The van der Waals surface area contributed by atoms with E-state index < -0.39 is 0 Å². The minimum atomic E-state index is 0.414. The van der Waals surface area contributed by atoms with Crippen LogP contribution in [0.3, 0.4) is 0 Å². The molecule has 0 aliphatic rings. The number of nitrogens with one attached hydrogen (secondary N) is 1. The molecule has 0 amide bonds. The minimum Gasteiger partial charge on any atom is -0.487 e. The van der Waals surface area contributed by atoms with E-state index in [0.29, 0.717) is 25.1 Å². The molecular formula is C16H16N4O2. The summed E-state index contributed by atoms with van der Waals surface area (Å²) in [6.07, 6.45) is 1.76. The molecule has 0 aliphatic carbocycles. The van der Waals surface area contributed by atoms with Gasteiger partial charge in [-0.2, -0.15) is 0 Å². The summed E-state index contributed by atoms with van der Waals surface area (Å²) in [4.78, 5) is 4.23. The lowest BCUT2D eigenvalue weighted by atomic mass is 10.2. The van der Waals surface area contributed by atoms with Crippen LogP contribution < -0.4 is 10.1 Å². The first-order valence-electron chi connectivity index (χ1n) is 6.95. The van der Waals surface area contributed by atoms with Gasteiger partial charge in [-0.1, -0.05) is 23.3 Å². The lowest BCUT2D eigenvalue weighted by Crippen LogP contribution is -2.01. The minimum absolute atomic E-state index is 0.414. The number of ether oxygens (including phenoxy) is 1. The fourth-order valence-electron chi connectivity index (χ4n) is 1.93. The zero-order valence-electron chi connectivity index (χ0n) is 12.2. The van der Waals surface area contributed by atoms with Gasteiger partial charge in [0.25, 0.3) is 0 Å². The molecule has 1 aromatic carbocycles. The summed E-state index contributed by atoms with van der Waals surface area (Å²) in [6, 6.07) is 14.0. The highest BCUT2D eigenvalue weighted by molar-refractivity contribution is 5.31. The molecule has 0 saturated carbocycles. The summed E-state index contributed by atoms with van der Waals surface area (Å²) >= 11 is 0. The number of aryl methyl sites for hydroxylation is 1. The van der Waals surface area contributed by atoms with Crippen LogP contribution >= 0.6 is 0 Å². The van der Waals surface area contributed by atoms with E-state index in [0.717, 1.165) is 17.0 Å². The van der Waals surface area contributed by atoms with Gasteiger partial charge in [-0.05, 0) is 29.8 Å². The Balaban J connectivity index is 1.57. The first-order valence-corrected chi connectivity index (χ1v) is 6.95. The molecule has 3 rings (SSSR count). The number of rotatable bonds is 6. The largest absolute Gasteiger partial charge is 0.487 e. The third-order valence-corrected chi connectivity index (χ3v) is 2.98. The summed E-state index contributed by atoms with van der Waals surface area (Å²) in [5, 5.41) is 10.7. The Morgan fingerprint density at radius 3 is 2.86 bits per heavy atom. The maximum Gasteiger partial charge on any atom is 0.315 e. The van der Waals surface area contributed by atoms with E-state index >= 15 is 0 Å². The molecule has 2 aromatic heterocycles. The van der Waals surface area contributed by atoms with E-state index in [1.165, 1.54) is 0 Å². The van der Waals surface area contributed by atoms with Crippen molar-refractivity contribution in [3.63, 3.8) is 0 Å². The van der Waals surface area contributed by atoms with Crippen LogP contribution in [-0.4, -0.2) is 15.2 Å². The van der Waals surface area contributed by atoms with E-state index in [9.17, 15) is 0 Å². The average molecular weight is 296 g/mol. The van der Waals surface area contributed by atoms with Gasteiger partial charge >= 0.3 is 6.01 Å². The molecule has 22 heavy (non-hydrogen) atoms. The summed E-state index contributed by atoms with van der Waals surface area (Å²) in [5.41, 5.74) is 1.96. The number of pyridine rings is 1. The molecule has 112 valence electrons. The van der Waals surface area contributed by atoms with Crippen molar-refractivity contribution in [1.29, 1.82) is 0 Å². The third kappa shape index (κ3) is 3.82. The van der Waals surface area contributed by atoms with Crippen molar-refractivity contribution in [3.8, 4) is 5.75 Å². The molecule has 1 N–H and O–H groups in total. The number of hydrogen-bond acceptors (Lipinski definition) is 6. The summed E-state index contributed by atoms with van der Waals surface area (Å²) in [6.45, 7) is 2.78. The van der Waals surface area contributed by atoms with Crippen molar-refractivity contribution in [2.24, 2.45) is 0 Å². The van der Waals surface area contributed by atoms with Gasteiger partial charge in [-0.25, -0.2) is 0 Å². The summed E-state index contributed by atoms with van der Waals surface area (Å²) in [7, 11) is 0. The second-order valence-corrected chi connectivity index (χ2v) is 4.74. The van der Waals surface area contributed by atoms with Crippen LogP contribution in [-0.2, 0) is 13.2 Å². The van der Waals surface area contributed by atoms with Crippen molar-refractivity contribution in [2.75, 3.05) is 5.32 Å². The van der Waals surface area contributed by atoms with Crippen molar-refractivity contribution >= 4 is 6.01 Å². The maximum atomic E-state index is 5.75. The van der Waals surface area contributed by atoms with Crippen LogP contribution in [0.1, 0.15) is 17.1 Å². The Morgan fingerprint density at radius 1 is 1.14 bits per heavy atom. The maximum absolute atomic E-state index is 5.75. The number of hydrogen-bond donors (Lipinski definition) is 1. The van der Waals surface area contributed by atoms with E-state index in [1.807, 2.05) is 42.5 Å². The van der Waals surface area contributed by atoms with Crippen molar-refractivity contribution in [1.82, 2.24) is 15.2 Å². The number of aromatic nitrogens is 3. The predicted octanol–water partition coefficient (Wildman–Crippen LogP) is 2.96. The standard InChI is InChI=1S/C16H16N4O2/c1-12-19-20-16(22-12)18-10-13-5-4-7-15(9-13)21-11-14-6-2-3-8-17-14/h2-9H,10-11H2,1H3,(H,18,20). The number of benzene rings is 1. The molecule has 0 saturated heterocycles. The topological polar surface area (TPSA) is 73.1 Å². The van der Waals surface area contributed by atoms with Crippen LogP contribution in [0, 0.1) is 6.92 Å². The SMILES string of the molecule is Cc1nnc(NCc2cccc(OCc3ccccn3)c2)o1. The highest BCUT2D eigenvalue weighted by Gasteiger charge is 2.03. The molecule has 0 aliphatic heterocycles. The fraction of sp³-hybridized carbons (Fsp3) is 0.188. The summed E-state index contributed by atoms with van der Waals surface area (Å²) < 4.78 is 11.0. The number of nitrogens with zero attached hydrogens (tertiary/aromatic N) is 3. The van der Waals surface area contributed by atoms with Gasteiger partial charge in [0.15, 0.2) is 0 Å². The first-order chi connectivity index (χ1) is 10.8. The zero-order valence-corrected chi connectivity index (χ0v) is 12.2. The predicted molar refractivity (Wildman–Crippen MR) is 81.4 cm³/mol. The molecule has 0 unspecified atom stereocenters. The molecule has 0 bridgehead atoms. The Bertz CT molecular complexity index is 728. The molecule has 0 spiro atoms. The van der Waals surface area contributed by atoms with Crippen LogP contribution in [0.4, 0.5) is 6.01 Å².